The monoisotopic (exact) mass is 325 g/mol. The number of likely N-dealkylation sites (tertiary alicyclic amines) is 1. The van der Waals surface area contributed by atoms with E-state index in [0.717, 1.165) is 35.6 Å². The van der Waals surface area contributed by atoms with Gasteiger partial charge in [-0.25, -0.2) is 0 Å². The molecule has 1 fully saturated rings. The summed E-state index contributed by atoms with van der Waals surface area (Å²) in [5.74, 6) is 1.21. The van der Waals surface area contributed by atoms with Gasteiger partial charge in [-0.1, -0.05) is 32.9 Å². The molecular weight excluding hydrogens is 302 g/mol. The largest absolute Gasteiger partial charge is 0.506 e. The number of piperidine rings is 1. The number of benzene rings is 1. The predicted molar refractivity (Wildman–Crippen MR) is 83.3 cm³/mol. The summed E-state index contributed by atoms with van der Waals surface area (Å²) in [5, 5.41) is 10.0. The van der Waals surface area contributed by atoms with E-state index in [9.17, 15) is 5.11 Å². The second-order valence-electron chi connectivity index (χ2n) is 6.66. The van der Waals surface area contributed by atoms with Gasteiger partial charge in [0, 0.05) is 12.1 Å². The Bertz CT molecular complexity index is 431. The van der Waals surface area contributed by atoms with Crippen LogP contribution in [0.2, 0.25) is 0 Å². The summed E-state index contributed by atoms with van der Waals surface area (Å²) in [6.07, 6.45) is 2.52. The lowest BCUT2D eigenvalue weighted by molar-refractivity contribution is 0.107. The topological polar surface area (TPSA) is 23.5 Å². The van der Waals surface area contributed by atoms with Crippen LogP contribution in [0.1, 0.15) is 39.2 Å². The second-order valence-corrected chi connectivity index (χ2v) is 7.52. The van der Waals surface area contributed by atoms with Crippen molar-refractivity contribution in [2.24, 2.45) is 11.3 Å². The Morgan fingerprint density at radius 1 is 1.26 bits per heavy atom. The van der Waals surface area contributed by atoms with Crippen molar-refractivity contribution in [1.82, 2.24) is 4.90 Å². The number of hydrogen-bond acceptors (Lipinski definition) is 2. The highest BCUT2D eigenvalue weighted by Crippen LogP contribution is 2.35. The molecular formula is C16H24BrNO. The minimum atomic E-state index is 0.389. The first kappa shape index (κ1) is 14.9. The van der Waals surface area contributed by atoms with Crippen molar-refractivity contribution >= 4 is 15.9 Å². The normalized spacial score (nSPS) is 18.7. The van der Waals surface area contributed by atoms with E-state index in [1.165, 1.54) is 12.8 Å². The Morgan fingerprint density at radius 3 is 2.47 bits per heavy atom. The minimum Gasteiger partial charge on any atom is -0.506 e. The van der Waals surface area contributed by atoms with E-state index in [0.29, 0.717) is 11.2 Å². The van der Waals surface area contributed by atoms with Crippen LogP contribution in [0.15, 0.2) is 22.7 Å². The number of aromatic hydroxyl groups is 1. The first-order valence-corrected chi connectivity index (χ1v) is 7.86. The molecule has 3 heteroatoms. The van der Waals surface area contributed by atoms with Crippen LogP contribution in [0, 0.1) is 11.3 Å². The Morgan fingerprint density at radius 2 is 1.89 bits per heavy atom. The number of nitrogens with zero attached hydrogens (tertiary/aromatic N) is 1. The van der Waals surface area contributed by atoms with Crippen LogP contribution in [0.5, 0.6) is 5.75 Å². The van der Waals surface area contributed by atoms with Crippen molar-refractivity contribution < 1.29 is 5.11 Å². The Hall–Kier alpha value is -0.540. The van der Waals surface area contributed by atoms with Crippen molar-refractivity contribution in [2.75, 3.05) is 13.1 Å². The molecule has 0 bridgehead atoms. The predicted octanol–water partition coefficient (Wildman–Crippen LogP) is 4.41. The van der Waals surface area contributed by atoms with E-state index in [2.05, 4.69) is 41.6 Å². The van der Waals surface area contributed by atoms with Gasteiger partial charge < -0.3 is 5.11 Å². The smallest absolute Gasteiger partial charge is 0.134 e. The summed E-state index contributed by atoms with van der Waals surface area (Å²) in [5.41, 5.74) is 1.44. The van der Waals surface area contributed by atoms with Crippen LogP contribution >= 0.6 is 15.9 Å². The standard InChI is InChI=1S/C16H24BrNO/c1-16(2,3)13-7-9-18(10-8-13)11-12-5-4-6-14(17)15(12)19/h4-6,13,19H,7-11H2,1-3H3. The number of hydrogen-bond donors (Lipinski definition) is 1. The lowest BCUT2D eigenvalue weighted by Crippen LogP contribution is -2.37. The van der Waals surface area contributed by atoms with Gasteiger partial charge in [-0.3, -0.25) is 4.90 Å². The van der Waals surface area contributed by atoms with Crippen molar-refractivity contribution in [3.05, 3.63) is 28.2 Å². The van der Waals surface area contributed by atoms with E-state index in [-0.39, 0.29) is 0 Å². The van der Waals surface area contributed by atoms with Gasteiger partial charge in [0.05, 0.1) is 4.47 Å². The fraction of sp³-hybridized carbons (Fsp3) is 0.625. The molecule has 0 aliphatic carbocycles. The van der Waals surface area contributed by atoms with Gasteiger partial charge in [0.2, 0.25) is 0 Å². The average Bonchev–Trinajstić information content (AvgIpc) is 2.35. The summed E-state index contributed by atoms with van der Waals surface area (Å²) < 4.78 is 0.787. The molecule has 0 saturated carbocycles. The molecule has 1 heterocycles. The quantitative estimate of drug-likeness (QED) is 0.870. The molecule has 2 nitrogen and oxygen atoms in total. The van der Waals surface area contributed by atoms with Crippen molar-refractivity contribution in [3.8, 4) is 5.75 Å². The highest BCUT2D eigenvalue weighted by atomic mass is 79.9. The molecule has 0 atom stereocenters. The summed E-state index contributed by atoms with van der Waals surface area (Å²) in [6, 6.07) is 5.88. The minimum absolute atomic E-state index is 0.389. The Labute approximate surface area is 124 Å². The van der Waals surface area contributed by atoms with E-state index in [1.54, 1.807) is 0 Å². The van der Waals surface area contributed by atoms with Gasteiger partial charge >= 0.3 is 0 Å². The first-order valence-electron chi connectivity index (χ1n) is 7.06. The highest BCUT2D eigenvalue weighted by Gasteiger charge is 2.28. The number of para-hydroxylation sites is 1. The van der Waals surface area contributed by atoms with Crippen LogP contribution in [0.3, 0.4) is 0 Å². The van der Waals surface area contributed by atoms with E-state index in [4.69, 9.17) is 0 Å². The molecule has 1 aromatic rings. The number of halogens is 1. The highest BCUT2D eigenvalue weighted by molar-refractivity contribution is 9.10. The molecule has 1 aliphatic heterocycles. The van der Waals surface area contributed by atoms with Crippen molar-refractivity contribution in [2.45, 2.75) is 40.2 Å². The molecule has 19 heavy (non-hydrogen) atoms. The van der Waals surface area contributed by atoms with Crippen LogP contribution in [-0.2, 0) is 6.54 Å². The average molecular weight is 326 g/mol. The zero-order valence-corrected chi connectivity index (χ0v) is 13.7. The molecule has 0 aromatic heterocycles. The van der Waals surface area contributed by atoms with Crippen molar-refractivity contribution in [3.63, 3.8) is 0 Å². The number of phenolic OH excluding ortho intramolecular Hbond substituents is 1. The van der Waals surface area contributed by atoms with Crippen LogP contribution < -0.4 is 0 Å². The third-order valence-corrected chi connectivity index (χ3v) is 4.92. The summed E-state index contributed by atoms with van der Waals surface area (Å²) in [4.78, 5) is 2.45. The zero-order valence-electron chi connectivity index (χ0n) is 12.1. The van der Waals surface area contributed by atoms with Gasteiger partial charge in [0.15, 0.2) is 0 Å². The SMILES string of the molecule is CC(C)(C)C1CCN(Cc2cccc(Br)c2O)CC1. The van der Waals surface area contributed by atoms with Gasteiger partial charge in [-0.05, 0) is 59.3 Å². The lowest BCUT2D eigenvalue weighted by Gasteiger charge is -2.38. The zero-order chi connectivity index (χ0) is 14.0. The summed E-state index contributed by atoms with van der Waals surface area (Å²) >= 11 is 3.38. The molecule has 106 valence electrons. The van der Waals surface area contributed by atoms with Gasteiger partial charge in [-0.2, -0.15) is 0 Å². The summed E-state index contributed by atoms with van der Waals surface area (Å²) in [6.45, 7) is 10.1. The molecule has 0 amide bonds. The first-order chi connectivity index (χ1) is 8.88. The molecule has 1 saturated heterocycles. The third kappa shape index (κ3) is 3.73. The second kappa shape index (κ2) is 5.84. The summed E-state index contributed by atoms with van der Waals surface area (Å²) in [7, 11) is 0. The van der Waals surface area contributed by atoms with Gasteiger partial charge in [0.1, 0.15) is 5.75 Å². The maximum absolute atomic E-state index is 10.0. The number of rotatable bonds is 2. The van der Waals surface area contributed by atoms with E-state index in [1.807, 2.05) is 18.2 Å². The fourth-order valence-corrected chi connectivity index (χ4v) is 3.29. The fourth-order valence-electron chi connectivity index (χ4n) is 2.89. The lowest BCUT2D eigenvalue weighted by atomic mass is 9.75. The van der Waals surface area contributed by atoms with E-state index < -0.39 is 0 Å². The number of phenols is 1. The van der Waals surface area contributed by atoms with E-state index >= 15 is 0 Å². The Balaban J connectivity index is 1.94. The Kier molecular flexibility index (Phi) is 4.57. The van der Waals surface area contributed by atoms with Gasteiger partial charge in [0.25, 0.3) is 0 Å². The van der Waals surface area contributed by atoms with Crippen LogP contribution in [-0.4, -0.2) is 23.1 Å². The molecule has 1 aromatic carbocycles. The third-order valence-electron chi connectivity index (χ3n) is 4.28. The van der Waals surface area contributed by atoms with Crippen molar-refractivity contribution in [1.29, 1.82) is 0 Å². The molecule has 1 N–H and O–H groups in total. The van der Waals surface area contributed by atoms with Crippen LogP contribution in [0.25, 0.3) is 0 Å². The molecule has 2 rings (SSSR count). The maximum atomic E-state index is 10.0. The molecule has 0 unspecified atom stereocenters. The molecule has 0 spiro atoms. The molecule has 0 radical (unpaired) electrons. The van der Waals surface area contributed by atoms with Gasteiger partial charge in [-0.15, -0.1) is 0 Å². The molecule has 1 aliphatic rings. The van der Waals surface area contributed by atoms with Crippen LogP contribution in [0.4, 0.5) is 0 Å². The maximum Gasteiger partial charge on any atom is 0.134 e.